The predicted octanol–water partition coefficient (Wildman–Crippen LogP) is 1.15. The minimum Gasteiger partial charge on any atom is -0.394 e. The van der Waals surface area contributed by atoms with E-state index in [1.54, 1.807) is 0 Å². The number of nitrogens with zero attached hydrogens (tertiary/aromatic N) is 2. The molecule has 0 bridgehead atoms. The first-order valence-corrected chi connectivity index (χ1v) is 8.46. The molecule has 2 N–H and O–H groups in total. The fourth-order valence-electron chi connectivity index (χ4n) is 2.92. The van der Waals surface area contributed by atoms with Gasteiger partial charge in [0.15, 0.2) is 0 Å². The lowest BCUT2D eigenvalue weighted by Gasteiger charge is -2.37. The molecule has 4 heteroatoms. The van der Waals surface area contributed by atoms with Crippen molar-refractivity contribution >= 4 is 0 Å². The fourth-order valence-corrected chi connectivity index (χ4v) is 2.92. The number of piperazine rings is 1. The maximum Gasteiger partial charge on any atom is 0.0611 e. The molecule has 1 aliphatic heterocycles. The van der Waals surface area contributed by atoms with Crippen LogP contribution in [0.2, 0.25) is 0 Å². The smallest absolute Gasteiger partial charge is 0.0611 e. The van der Waals surface area contributed by atoms with Crippen LogP contribution >= 0.6 is 0 Å². The van der Waals surface area contributed by atoms with Gasteiger partial charge in [-0.1, -0.05) is 6.92 Å². The normalized spacial score (nSPS) is 24.8. The molecule has 0 amide bonds. The molecule has 2 rings (SSSR count). The van der Waals surface area contributed by atoms with Crippen LogP contribution in [0.15, 0.2) is 0 Å². The van der Waals surface area contributed by atoms with E-state index >= 15 is 0 Å². The first-order chi connectivity index (χ1) is 9.65. The van der Waals surface area contributed by atoms with Crippen LogP contribution in [0.5, 0.6) is 0 Å². The predicted molar refractivity (Wildman–Crippen MR) is 84.0 cm³/mol. The number of rotatable bonds is 9. The van der Waals surface area contributed by atoms with Crippen LogP contribution in [0, 0.1) is 5.92 Å². The molecule has 1 saturated carbocycles. The first kappa shape index (κ1) is 16.2. The minimum atomic E-state index is -0.110. The molecule has 0 radical (unpaired) electrons. The lowest BCUT2D eigenvalue weighted by Crippen LogP contribution is -2.51. The maximum absolute atomic E-state index is 9.60. The van der Waals surface area contributed by atoms with E-state index in [1.165, 1.54) is 45.6 Å². The lowest BCUT2D eigenvalue weighted by molar-refractivity contribution is 0.104. The highest BCUT2D eigenvalue weighted by Gasteiger charge is 2.27. The molecule has 1 atom stereocenters. The third-order valence-corrected chi connectivity index (χ3v) is 4.81. The average Bonchev–Trinajstić information content (AvgIpc) is 3.28. The number of hydrogen-bond donors (Lipinski definition) is 2. The van der Waals surface area contributed by atoms with E-state index in [9.17, 15) is 5.11 Å². The second-order valence-corrected chi connectivity index (χ2v) is 6.98. The highest BCUT2D eigenvalue weighted by atomic mass is 16.3. The highest BCUT2D eigenvalue weighted by molar-refractivity contribution is 4.85. The summed E-state index contributed by atoms with van der Waals surface area (Å²) < 4.78 is 0. The van der Waals surface area contributed by atoms with Gasteiger partial charge in [0.25, 0.3) is 0 Å². The molecular weight excluding hydrogens is 250 g/mol. The minimum absolute atomic E-state index is 0.110. The zero-order valence-corrected chi connectivity index (χ0v) is 13.4. The zero-order valence-electron chi connectivity index (χ0n) is 13.4. The fraction of sp³-hybridized carbons (Fsp3) is 1.00. The quantitative estimate of drug-likeness (QED) is 0.666. The standard InChI is InChI=1S/C16H33N3O/c1-3-7-17-16(2,14-20)6-8-18-9-11-19(12-10-18)13-15-4-5-15/h15,17,20H,3-14H2,1-2H3. The Morgan fingerprint density at radius 3 is 2.35 bits per heavy atom. The molecule has 1 unspecified atom stereocenters. The summed E-state index contributed by atoms with van der Waals surface area (Å²) in [6.45, 7) is 12.8. The van der Waals surface area contributed by atoms with Crippen LogP contribution in [0.25, 0.3) is 0 Å². The number of aliphatic hydroxyl groups is 1. The maximum atomic E-state index is 9.60. The van der Waals surface area contributed by atoms with Crippen molar-refractivity contribution in [2.75, 3.05) is 52.4 Å². The third-order valence-electron chi connectivity index (χ3n) is 4.81. The topological polar surface area (TPSA) is 38.7 Å². The highest BCUT2D eigenvalue weighted by Crippen LogP contribution is 2.29. The summed E-state index contributed by atoms with van der Waals surface area (Å²) >= 11 is 0. The summed E-state index contributed by atoms with van der Waals surface area (Å²) in [6.07, 6.45) is 5.07. The summed E-state index contributed by atoms with van der Waals surface area (Å²) in [5, 5.41) is 13.1. The van der Waals surface area contributed by atoms with Crippen LogP contribution in [-0.2, 0) is 0 Å². The van der Waals surface area contributed by atoms with Gasteiger partial charge >= 0.3 is 0 Å². The van der Waals surface area contributed by atoms with Gasteiger partial charge in [0, 0.05) is 44.8 Å². The van der Waals surface area contributed by atoms with Crippen molar-refractivity contribution in [2.45, 2.75) is 45.1 Å². The number of nitrogens with one attached hydrogen (secondary N) is 1. The van der Waals surface area contributed by atoms with Gasteiger partial charge in [0.1, 0.15) is 0 Å². The first-order valence-electron chi connectivity index (χ1n) is 8.46. The molecule has 0 spiro atoms. The van der Waals surface area contributed by atoms with Crippen LogP contribution < -0.4 is 5.32 Å². The van der Waals surface area contributed by atoms with E-state index in [2.05, 4.69) is 29.0 Å². The van der Waals surface area contributed by atoms with Gasteiger partial charge in [0.2, 0.25) is 0 Å². The van der Waals surface area contributed by atoms with Crippen molar-refractivity contribution in [2.24, 2.45) is 5.92 Å². The molecule has 0 aromatic rings. The summed E-state index contributed by atoms with van der Waals surface area (Å²) in [5.41, 5.74) is -0.110. The second kappa shape index (κ2) is 7.74. The molecule has 2 fully saturated rings. The Bertz CT molecular complexity index is 275. The molecule has 4 nitrogen and oxygen atoms in total. The van der Waals surface area contributed by atoms with Gasteiger partial charge in [-0.3, -0.25) is 0 Å². The molecule has 1 aliphatic carbocycles. The molecule has 0 aromatic carbocycles. The van der Waals surface area contributed by atoms with E-state index < -0.39 is 0 Å². The largest absolute Gasteiger partial charge is 0.394 e. The van der Waals surface area contributed by atoms with Crippen molar-refractivity contribution in [3.8, 4) is 0 Å². The van der Waals surface area contributed by atoms with Crippen LogP contribution in [0.1, 0.15) is 39.5 Å². The van der Waals surface area contributed by atoms with Gasteiger partial charge < -0.3 is 20.2 Å². The van der Waals surface area contributed by atoms with E-state index in [0.29, 0.717) is 0 Å². The molecule has 2 aliphatic rings. The Kier molecular flexibility index (Phi) is 6.27. The van der Waals surface area contributed by atoms with Crippen molar-refractivity contribution in [1.29, 1.82) is 0 Å². The summed E-state index contributed by atoms with van der Waals surface area (Å²) in [7, 11) is 0. The average molecular weight is 283 g/mol. The van der Waals surface area contributed by atoms with Gasteiger partial charge in [-0.2, -0.15) is 0 Å². The van der Waals surface area contributed by atoms with Crippen LogP contribution in [-0.4, -0.2) is 72.9 Å². The number of hydrogen-bond acceptors (Lipinski definition) is 4. The van der Waals surface area contributed by atoms with Crippen LogP contribution in [0.3, 0.4) is 0 Å². The summed E-state index contributed by atoms with van der Waals surface area (Å²) in [6, 6.07) is 0. The molecule has 1 saturated heterocycles. The monoisotopic (exact) mass is 283 g/mol. The van der Waals surface area contributed by atoms with Gasteiger partial charge in [-0.25, -0.2) is 0 Å². The van der Waals surface area contributed by atoms with Gasteiger partial charge in [-0.15, -0.1) is 0 Å². The molecular formula is C16H33N3O. The molecule has 20 heavy (non-hydrogen) atoms. The van der Waals surface area contributed by atoms with E-state index in [0.717, 1.165) is 31.8 Å². The molecule has 118 valence electrons. The zero-order chi connectivity index (χ0) is 14.4. The number of aliphatic hydroxyl groups excluding tert-OH is 1. The summed E-state index contributed by atoms with van der Waals surface area (Å²) in [4.78, 5) is 5.19. The van der Waals surface area contributed by atoms with Crippen LogP contribution in [0.4, 0.5) is 0 Å². The van der Waals surface area contributed by atoms with Crippen molar-refractivity contribution in [1.82, 2.24) is 15.1 Å². The van der Waals surface area contributed by atoms with Crippen molar-refractivity contribution < 1.29 is 5.11 Å². The van der Waals surface area contributed by atoms with E-state index in [1.807, 2.05) is 0 Å². The SMILES string of the molecule is CCCNC(C)(CO)CCN1CCN(CC2CC2)CC1. The van der Waals surface area contributed by atoms with Crippen molar-refractivity contribution in [3.63, 3.8) is 0 Å². The molecule has 1 heterocycles. The van der Waals surface area contributed by atoms with Crippen molar-refractivity contribution in [3.05, 3.63) is 0 Å². The third kappa shape index (κ3) is 5.32. The Labute approximate surface area is 124 Å². The van der Waals surface area contributed by atoms with E-state index in [4.69, 9.17) is 0 Å². The van der Waals surface area contributed by atoms with E-state index in [-0.39, 0.29) is 12.1 Å². The summed E-state index contributed by atoms with van der Waals surface area (Å²) in [5.74, 6) is 1.01. The van der Waals surface area contributed by atoms with Gasteiger partial charge in [0.05, 0.1) is 6.61 Å². The lowest BCUT2D eigenvalue weighted by atomic mass is 9.98. The Morgan fingerprint density at radius 2 is 1.80 bits per heavy atom. The Morgan fingerprint density at radius 1 is 1.15 bits per heavy atom. The Hall–Kier alpha value is -0.160. The Balaban J connectivity index is 1.63. The molecule has 0 aromatic heterocycles. The van der Waals surface area contributed by atoms with Gasteiger partial charge in [-0.05, 0) is 45.1 Å². The second-order valence-electron chi connectivity index (χ2n) is 6.98.